The molecule has 0 aliphatic heterocycles. The van der Waals surface area contributed by atoms with Gasteiger partial charge in [0.05, 0.1) is 6.07 Å². The van der Waals surface area contributed by atoms with Gasteiger partial charge >= 0.3 is 5.97 Å². The van der Waals surface area contributed by atoms with E-state index in [1.807, 2.05) is 6.07 Å². The molecule has 0 fully saturated rings. The molecule has 0 saturated heterocycles. The van der Waals surface area contributed by atoms with E-state index < -0.39 is 17.9 Å². The fraction of sp³-hybridized carbons (Fsp3) is 0.357. The van der Waals surface area contributed by atoms with Crippen molar-refractivity contribution < 1.29 is 14.7 Å². The number of carbonyl (C=O) groups excluding carboxylic acids is 1. The van der Waals surface area contributed by atoms with Crippen LogP contribution in [-0.2, 0) is 4.79 Å². The molecule has 6 heteroatoms. The summed E-state index contributed by atoms with van der Waals surface area (Å²) >= 11 is 5.72. The highest BCUT2D eigenvalue weighted by molar-refractivity contribution is 6.30. The van der Waals surface area contributed by atoms with E-state index in [0.29, 0.717) is 36.3 Å². The lowest BCUT2D eigenvalue weighted by atomic mass is 10.1. The molecule has 0 aromatic heterocycles. The highest BCUT2D eigenvalue weighted by Crippen LogP contribution is 2.10. The molecule has 0 bridgehead atoms. The number of hydrogen-bond donors (Lipinski definition) is 2. The zero-order chi connectivity index (χ0) is 15.0. The molecule has 1 atom stereocenters. The highest BCUT2D eigenvalue weighted by atomic mass is 35.5. The maximum absolute atomic E-state index is 11.9. The molecule has 1 aromatic rings. The lowest BCUT2D eigenvalue weighted by molar-refractivity contribution is -0.139. The van der Waals surface area contributed by atoms with E-state index in [1.165, 1.54) is 12.1 Å². The molecular weight excluding hydrogens is 280 g/mol. The highest BCUT2D eigenvalue weighted by Gasteiger charge is 2.20. The molecule has 5 nitrogen and oxygen atoms in total. The third-order valence-electron chi connectivity index (χ3n) is 2.74. The molecule has 0 spiro atoms. The average Bonchev–Trinajstić information content (AvgIpc) is 2.42. The van der Waals surface area contributed by atoms with Crippen molar-refractivity contribution in [2.45, 2.75) is 31.7 Å². The first-order valence-corrected chi connectivity index (χ1v) is 6.58. The first kappa shape index (κ1) is 16.0. The van der Waals surface area contributed by atoms with Crippen molar-refractivity contribution in [3.05, 3.63) is 34.9 Å². The monoisotopic (exact) mass is 294 g/mol. The maximum Gasteiger partial charge on any atom is 0.326 e. The molecule has 2 N–H and O–H groups in total. The summed E-state index contributed by atoms with van der Waals surface area (Å²) in [4.78, 5) is 23.0. The number of nitrogens with one attached hydrogen (secondary N) is 1. The Morgan fingerprint density at radius 2 is 1.95 bits per heavy atom. The van der Waals surface area contributed by atoms with Crippen molar-refractivity contribution in [3.8, 4) is 6.07 Å². The summed E-state index contributed by atoms with van der Waals surface area (Å²) in [7, 11) is 0. The molecule has 1 aromatic carbocycles. The van der Waals surface area contributed by atoms with Crippen LogP contribution in [0.2, 0.25) is 5.02 Å². The fourth-order valence-electron chi connectivity index (χ4n) is 1.65. The minimum absolute atomic E-state index is 0.302. The summed E-state index contributed by atoms with van der Waals surface area (Å²) in [5, 5.41) is 20.5. The normalized spacial score (nSPS) is 11.4. The molecule has 0 unspecified atom stereocenters. The van der Waals surface area contributed by atoms with Gasteiger partial charge in [-0.2, -0.15) is 5.26 Å². The van der Waals surface area contributed by atoms with E-state index in [2.05, 4.69) is 5.32 Å². The summed E-state index contributed by atoms with van der Waals surface area (Å²) in [6.07, 6.45) is 1.89. The molecular formula is C14H15ClN2O3. The van der Waals surface area contributed by atoms with Crippen LogP contribution in [0.3, 0.4) is 0 Å². The second kappa shape index (κ2) is 8.18. The Labute approximate surface area is 122 Å². The van der Waals surface area contributed by atoms with Crippen LogP contribution >= 0.6 is 11.6 Å². The second-order valence-corrected chi connectivity index (χ2v) is 4.71. The molecule has 0 heterocycles. The third-order valence-corrected chi connectivity index (χ3v) is 2.99. The number of rotatable bonds is 7. The van der Waals surface area contributed by atoms with E-state index in [-0.39, 0.29) is 0 Å². The Bertz CT molecular complexity index is 508. The number of aliphatic carboxylic acids is 1. The molecule has 20 heavy (non-hydrogen) atoms. The van der Waals surface area contributed by atoms with E-state index in [0.717, 1.165) is 0 Å². The van der Waals surface area contributed by atoms with E-state index in [9.17, 15) is 9.59 Å². The van der Waals surface area contributed by atoms with Gasteiger partial charge in [0.1, 0.15) is 6.04 Å². The number of halogens is 1. The van der Waals surface area contributed by atoms with Crippen LogP contribution < -0.4 is 5.32 Å². The number of carboxylic acid groups (broad SMARTS) is 1. The van der Waals surface area contributed by atoms with Gasteiger partial charge in [-0.1, -0.05) is 11.6 Å². The summed E-state index contributed by atoms with van der Waals surface area (Å²) in [5.41, 5.74) is 0.359. The van der Waals surface area contributed by atoms with Crippen LogP contribution in [0.25, 0.3) is 0 Å². The van der Waals surface area contributed by atoms with Crippen molar-refractivity contribution in [3.63, 3.8) is 0 Å². The van der Waals surface area contributed by atoms with Gasteiger partial charge in [0, 0.05) is 17.0 Å². The van der Waals surface area contributed by atoms with Crippen LogP contribution in [0, 0.1) is 11.3 Å². The van der Waals surface area contributed by atoms with E-state index in [1.54, 1.807) is 12.1 Å². The van der Waals surface area contributed by atoms with Gasteiger partial charge in [-0.25, -0.2) is 4.79 Å². The van der Waals surface area contributed by atoms with Gasteiger partial charge in [0.25, 0.3) is 5.91 Å². The Kier molecular flexibility index (Phi) is 6.54. The van der Waals surface area contributed by atoms with Crippen LogP contribution in [0.5, 0.6) is 0 Å². The molecule has 0 aliphatic rings. The first-order valence-electron chi connectivity index (χ1n) is 6.20. The minimum atomic E-state index is -1.08. The van der Waals surface area contributed by atoms with E-state index >= 15 is 0 Å². The van der Waals surface area contributed by atoms with Crippen molar-refractivity contribution >= 4 is 23.5 Å². The zero-order valence-corrected chi connectivity index (χ0v) is 11.6. The largest absolute Gasteiger partial charge is 0.480 e. The van der Waals surface area contributed by atoms with Gasteiger partial charge in [0.2, 0.25) is 0 Å². The first-order chi connectivity index (χ1) is 9.54. The number of hydrogen-bond acceptors (Lipinski definition) is 3. The smallest absolute Gasteiger partial charge is 0.326 e. The topological polar surface area (TPSA) is 90.2 Å². The van der Waals surface area contributed by atoms with Crippen LogP contribution in [0.15, 0.2) is 24.3 Å². The molecule has 1 amide bonds. The fourth-order valence-corrected chi connectivity index (χ4v) is 1.78. The van der Waals surface area contributed by atoms with E-state index in [4.69, 9.17) is 22.0 Å². The van der Waals surface area contributed by atoms with Crippen molar-refractivity contribution in [1.29, 1.82) is 5.26 Å². The molecule has 106 valence electrons. The molecule has 0 saturated carbocycles. The molecule has 0 radical (unpaired) electrons. The molecule has 0 aliphatic carbocycles. The lowest BCUT2D eigenvalue weighted by Crippen LogP contribution is -2.40. The number of carboxylic acids is 1. The average molecular weight is 295 g/mol. The van der Waals surface area contributed by atoms with Crippen LogP contribution in [-0.4, -0.2) is 23.0 Å². The number of nitrogens with zero attached hydrogens (tertiary/aromatic N) is 1. The SMILES string of the molecule is N#CCCCC[C@@H](NC(=O)c1ccc(Cl)cc1)C(=O)O. The Balaban J connectivity index is 2.57. The number of carbonyl (C=O) groups is 2. The Hall–Kier alpha value is -2.06. The summed E-state index contributed by atoms with van der Waals surface area (Å²) in [6, 6.07) is 7.25. The van der Waals surface area contributed by atoms with Gasteiger partial charge in [-0.05, 0) is 43.5 Å². The predicted octanol–water partition coefficient (Wildman–Crippen LogP) is 2.61. The maximum atomic E-state index is 11.9. The van der Waals surface area contributed by atoms with Gasteiger partial charge in [-0.15, -0.1) is 0 Å². The minimum Gasteiger partial charge on any atom is -0.480 e. The Morgan fingerprint density at radius 3 is 2.50 bits per heavy atom. The van der Waals surface area contributed by atoms with Crippen molar-refractivity contribution in [2.75, 3.05) is 0 Å². The standard InChI is InChI=1S/C14H15ClN2O3/c15-11-7-5-10(6-8-11)13(18)17-12(14(19)20)4-2-1-3-9-16/h5-8,12H,1-4H2,(H,17,18)(H,19,20)/t12-/m1/s1. The Morgan fingerprint density at radius 1 is 1.30 bits per heavy atom. The summed E-state index contributed by atoms with van der Waals surface area (Å²) in [5.74, 6) is -1.53. The zero-order valence-electron chi connectivity index (χ0n) is 10.8. The third kappa shape index (κ3) is 5.29. The summed E-state index contributed by atoms with van der Waals surface area (Å²) in [6.45, 7) is 0. The second-order valence-electron chi connectivity index (χ2n) is 4.28. The lowest BCUT2D eigenvalue weighted by Gasteiger charge is -2.14. The number of benzene rings is 1. The van der Waals surface area contributed by atoms with Crippen LogP contribution in [0.4, 0.5) is 0 Å². The number of nitriles is 1. The van der Waals surface area contributed by atoms with Gasteiger partial charge < -0.3 is 10.4 Å². The van der Waals surface area contributed by atoms with Crippen molar-refractivity contribution in [1.82, 2.24) is 5.32 Å². The van der Waals surface area contributed by atoms with Gasteiger partial charge in [-0.3, -0.25) is 4.79 Å². The predicted molar refractivity (Wildman–Crippen MR) is 74.4 cm³/mol. The van der Waals surface area contributed by atoms with Gasteiger partial charge in [0.15, 0.2) is 0 Å². The molecule has 1 rings (SSSR count). The number of amides is 1. The van der Waals surface area contributed by atoms with Crippen LogP contribution in [0.1, 0.15) is 36.0 Å². The quantitative estimate of drug-likeness (QED) is 0.756. The number of unbranched alkanes of at least 4 members (excludes halogenated alkanes) is 2. The van der Waals surface area contributed by atoms with Crippen molar-refractivity contribution in [2.24, 2.45) is 0 Å². The summed E-state index contributed by atoms with van der Waals surface area (Å²) < 4.78 is 0.